The highest BCUT2D eigenvalue weighted by molar-refractivity contribution is 5.53. The van der Waals surface area contributed by atoms with E-state index in [1.165, 1.54) is 5.56 Å². The van der Waals surface area contributed by atoms with Crippen molar-refractivity contribution in [2.75, 3.05) is 0 Å². The summed E-state index contributed by atoms with van der Waals surface area (Å²) in [7, 11) is 0. The molecule has 1 heterocycles. The van der Waals surface area contributed by atoms with Crippen molar-refractivity contribution in [1.29, 1.82) is 0 Å². The zero-order valence-corrected chi connectivity index (χ0v) is 12.3. The van der Waals surface area contributed by atoms with Gasteiger partial charge in [0, 0.05) is 5.56 Å². The largest absolute Gasteiger partial charge is 0.441 e. The summed E-state index contributed by atoms with van der Waals surface area (Å²) < 4.78 is 5.79. The molecule has 0 fully saturated rings. The van der Waals surface area contributed by atoms with Gasteiger partial charge in [-0.05, 0) is 43.9 Å². The van der Waals surface area contributed by atoms with Crippen LogP contribution >= 0.6 is 0 Å². The standard InChI is InChI=1S/C19H19NO/c1-15-18(14-8-11-16-9-4-2-5-10-16)20-19(21-15)17-12-6-3-7-13-17/h2-7,9-10,12-13H,8,11,14H2,1H3. The van der Waals surface area contributed by atoms with Gasteiger partial charge < -0.3 is 4.42 Å². The predicted molar refractivity (Wildman–Crippen MR) is 85.1 cm³/mol. The van der Waals surface area contributed by atoms with Crippen molar-refractivity contribution in [3.63, 3.8) is 0 Å². The topological polar surface area (TPSA) is 26.0 Å². The normalized spacial score (nSPS) is 10.7. The Morgan fingerprint density at radius 2 is 1.52 bits per heavy atom. The number of aromatic nitrogens is 1. The van der Waals surface area contributed by atoms with Gasteiger partial charge in [0.2, 0.25) is 5.89 Å². The Hall–Kier alpha value is -2.35. The second-order valence-electron chi connectivity index (χ2n) is 5.23. The first-order chi connectivity index (χ1) is 10.3. The van der Waals surface area contributed by atoms with Gasteiger partial charge in [-0.1, -0.05) is 48.5 Å². The van der Waals surface area contributed by atoms with E-state index in [-0.39, 0.29) is 0 Å². The number of benzene rings is 2. The number of nitrogens with zero attached hydrogens (tertiary/aromatic N) is 1. The summed E-state index contributed by atoms with van der Waals surface area (Å²) in [6, 6.07) is 20.6. The highest BCUT2D eigenvalue weighted by Gasteiger charge is 2.10. The number of aryl methyl sites for hydroxylation is 3. The Labute approximate surface area is 125 Å². The molecule has 3 rings (SSSR count). The second-order valence-corrected chi connectivity index (χ2v) is 5.23. The fourth-order valence-corrected chi connectivity index (χ4v) is 2.47. The molecule has 0 N–H and O–H groups in total. The minimum atomic E-state index is 0.725. The molecule has 2 aromatic carbocycles. The first-order valence-electron chi connectivity index (χ1n) is 7.38. The van der Waals surface area contributed by atoms with E-state index >= 15 is 0 Å². The van der Waals surface area contributed by atoms with E-state index in [2.05, 4.69) is 35.3 Å². The lowest BCUT2D eigenvalue weighted by molar-refractivity contribution is 0.538. The van der Waals surface area contributed by atoms with Crippen LogP contribution in [-0.4, -0.2) is 4.98 Å². The molecule has 0 radical (unpaired) electrons. The molecule has 1 aromatic heterocycles. The highest BCUT2D eigenvalue weighted by atomic mass is 16.4. The maximum Gasteiger partial charge on any atom is 0.226 e. The molecule has 0 unspecified atom stereocenters. The molecule has 106 valence electrons. The summed E-state index contributed by atoms with van der Waals surface area (Å²) in [6.07, 6.45) is 3.12. The van der Waals surface area contributed by atoms with Crippen molar-refractivity contribution in [2.24, 2.45) is 0 Å². The molecule has 0 saturated carbocycles. The van der Waals surface area contributed by atoms with E-state index < -0.39 is 0 Å². The molecule has 0 saturated heterocycles. The minimum Gasteiger partial charge on any atom is -0.441 e. The molecule has 0 aliphatic carbocycles. The van der Waals surface area contributed by atoms with E-state index in [0.717, 1.165) is 42.2 Å². The van der Waals surface area contributed by atoms with Crippen molar-refractivity contribution in [1.82, 2.24) is 4.98 Å². The van der Waals surface area contributed by atoms with Crippen molar-refractivity contribution >= 4 is 0 Å². The Bertz CT molecular complexity index is 686. The van der Waals surface area contributed by atoms with E-state index in [4.69, 9.17) is 4.42 Å². The van der Waals surface area contributed by atoms with Crippen LogP contribution in [-0.2, 0) is 12.8 Å². The first-order valence-corrected chi connectivity index (χ1v) is 7.38. The molecular formula is C19H19NO. The predicted octanol–water partition coefficient (Wildman–Crippen LogP) is 4.83. The van der Waals surface area contributed by atoms with E-state index in [0.29, 0.717) is 0 Å². The maximum absolute atomic E-state index is 5.79. The van der Waals surface area contributed by atoms with Gasteiger partial charge in [0.15, 0.2) is 0 Å². The maximum atomic E-state index is 5.79. The molecule has 0 aliphatic rings. The minimum absolute atomic E-state index is 0.725. The van der Waals surface area contributed by atoms with Crippen molar-refractivity contribution in [2.45, 2.75) is 26.2 Å². The van der Waals surface area contributed by atoms with Gasteiger partial charge in [-0.2, -0.15) is 0 Å². The van der Waals surface area contributed by atoms with E-state index in [1.807, 2.05) is 37.3 Å². The van der Waals surface area contributed by atoms with Crippen LogP contribution in [0.1, 0.15) is 23.4 Å². The molecule has 2 heteroatoms. The number of hydrogen-bond acceptors (Lipinski definition) is 2. The van der Waals surface area contributed by atoms with E-state index in [9.17, 15) is 0 Å². The van der Waals surface area contributed by atoms with Crippen LogP contribution in [0.25, 0.3) is 11.5 Å². The highest BCUT2D eigenvalue weighted by Crippen LogP contribution is 2.22. The summed E-state index contributed by atoms with van der Waals surface area (Å²) in [5, 5.41) is 0. The smallest absolute Gasteiger partial charge is 0.226 e. The van der Waals surface area contributed by atoms with Crippen LogP contribution in [0.2, 0.25) is 0 Å². The van der Waals surface area contributed by atoms with Crippen LogP contribution in [0.15, 0.2) is 65.1 Å². The number of rotatable bonds is 5. The van der Waals surface area contributed by atoms with Gasteiger partial charge in [-0.15, -0.1) is 0 Å². The van der Waals surface area contributed by atoms with Crippen LogP contribution < -0.4 is 0 Å². The summed E-state index contributed by atoms with van der Waals surface area (Å²) >= 11 is 0. The average molecular weight is 277 g/mol. The van der Waals surface area contributed by atoms with Gasteiger partial charge in [0.1, 0.15) is 5.76 Å². The summed E-state index contributed by atoms with van der Waals surface area (Å²) in [6.45, 7) is 2.00. The van der Waals surface area contributed by atoms with Crippen LogP contribution in [0.5, 0.6) is 0 Å². The Balaban J connectivity index is 1.65. The van der Waals surface area contributed by atoms with Gasteiger partial charge in [0.05, 0.1) is 5.69 Å². The summed E-state index contributed by atoms with van der Waals surface area (Å²) in [4.78, 5) is 4.64. The molecule has 0 spiro atoms. The first kappa shape index (κ1) is 13.6. The molecule has 0 amide bonds. The molecule has 3 aromatic rings. The third-order valence-corrected chi connectivity index (χ3v) is 3.64. The zero-order chi connectivity index (χ0) is 14.5. The zero-order valence-electron chi connectivity index (χ0n) is 12.3. The Morgan fingerprint density at radius 1 is 0.857 bits per heavy atom. The summed E-state index contributed by atoms with van der Waals surface area (Å²) in [5.41, 5.74) is 3.49. The molecule has 0 bridgehead atoms. The van der Waals surface area contributed by atoms with Crippen LogP contribution in [0.3, 0.4) is 0 Å². The lowest BCUT2D eigenvalue weighted by Gasteiger charge is -1.99. The Kier molecular flexibility index (Phi) is 4.15. The fraction of sp³-hybridized carbons (Fsp3) is 0.211. The molecule has 21 heavy (non-hydrogen) atoms. The lowest BCUT2D eigenvalue weighted by atomic mass is 10.1. The fourth-order valence-electron chi connectivity index (χ4n) is 2.47. The van der Waals surface area contributed by atoms with Crippen LogP contribution in [0.4, 0.5) is 0 Å². The molecule has 0 aliphatic heterocycles. The van der Waals surface area contributed by atoms with Crippen molar-refractivity contribution < 1.29 is 4.42 Å². The average Bonchev–Trinajstić information content (AvgIpc) is 2.91. The summed E-state index contributed by atoms with van der Waals surface area (Å²) in [5.74, 6) is 1.66. The lowest BCUT2D eigenvalue weighted by Crippen LogP contribution is -1.92. The number of oxazole rings is 1. The molecular weight excluding hydrogens is 258 g/mol. The second kappa shape index (κ2) is 6.40. The van der Waals surface area contributed by atoms with Gasteiger partial charge in [-0.25, -0.2) is 4.98 Å². The van der Waals surface area contributed by atoms with Crippen molar-refractivity contribution in [3.05, 3.63) is 77.7 Å². The molecule has 2 nitrogen and oxygen atoms in total. The SMILES string of the molecule is Cc1oc(-c2ccccc2)nc1CCCc1ccccc1. The van der Waals surface area contributed by atoms with Crippen molar-refractivity contribution in [3.8, 4) is 11.5 Å². The van der Waals surface area contributed by atoms with Crippen LogP contribution in [0, 0.1) is 6.92 Å². The monoisotopic (exact) mass is 277 g/mol. The van der Waals surface area contributed by atoms with E-state index in [1.54, 1.807) is 0 Å². The van der Waals surface area contributed by atoms with Gasteiger partial charge in [-0.3, -0.25) is 0 Å². The number of hydrogen-bond donors (Lipinski definition) is 0. The van der Waals surface area contributed by atoms with Gasteiger partial charge in [0.25, 0.3) is 0 Å². The molecule has 0 atom stereocenters. The Morgan fingerprint density at radius 3 is 2.24 bits per heavy atom. The third kappa shape index (κ3) is 3.40. The van der Waals surface area contributed by atoms with Gasteiger partial charge >= 0.3 is 0 Å². The quantitative estimate of drug-likeness (QED) is 0.668. The third-order valence-electron chi connectivity index (χ3n) is 3.64.